The molecule has 7 heteroatoms. The molecule has 0 aromatic carbocycles. The minimum absolute atomic E-state index is 0.193. The van der Waals surface area contributed by atoms with E-state index in [0.29, 0.717) is 26.1 Å². The number of piperidine rings is 1. The SMILES string of the molecule is CC1(C)CCN(C2CCCN(C(=O)O)C2)S1(=O)=O. The summed E-state index contributed by atoms with van der Waals surface area (Å²) in [5.41, 5.74) is 0. The van der Waals surface area contributed by atoms with Crippen molar-refractivity contribution in [2.75, 3.05) is 19.6 Å². The minimum atomic E-state index is -3.30. The van der Waals surface area contributed by atoms with Gasteiger partial charge in [0.2, 0.25) is 10.0 Å². The molecular formula is C11H20N2O4S. The van der Waals surface area contributed by atoms with E-state index < -0.39 is 20.9 Å². The topological polar surface area (TPSA) is 77.9 Å². The molecular weight excluding hydrogens is 256 g/mol. The lowest BCUT2D eigenvalue weighted by Crippen LogP contribution is -2.51. The summed E-state index contributed by atoms with van der Waals surface area (Å²) in [4.78, 5) is 12.3. The maximum atomic E-state index is 12.4. The summed E-state index contributed by atoms with van der Waals surface area (Å²) < 4.78 is 25.5. The summed E-state index contributed by atoms with van der Waals surface area (Å²) in [6.45, 7) is 4.78. The molecule has 1 atom stereocenters. The van der Waals surface area contributed by atoms with Gasteiger partial charge < -0.3 is 10.0 Å². The highest BCUT2D eigenvalue weighted by molar-refractivity contribution is 7.90. The van der Waals surface area contributed by atoms with E-state index in [0.717, 1.165) is 12.8 Å². The average Bonchev–Trinajstić information content (AvgIpc) is 2.49. The van der Waals surface area contributed by atoms with E-state index in [2.05, 4.69) is 0 Å². The van der Waals surface area contributed by atoms with Crippen LogP contribution in [0.4, 0.5) is 4.79 Å². The van der Waals surface area contributed by atoms with Crippen LogP contribution in [0.15, 0.2) is 0 Å². The third kappa shape index (κ3) is 2.09. The molecule has 0 saturated carbocycles. The number of rotatable bonds is 1. The Morgan fingerprint density at radius 3 is 2.50 bits per heavy atom. The average molecular weight is 276 g/mol. The second-order valence-corrected chi connectivity index (χ2v) is 8.17. The van der Waals surface area contributed by atoms with Crippen molar-refractivity contribution in [2.45, 2.75) is 43.9 Å². The molecule has 0 bridgehead atoms. The van der Waals surface area contributed by atoms with Crippen LogP contribution in [-0.4, -0.2) is 59.2 Å². The molecule has 0 aromatic rings. The molecule has 2 aliphatic rings. The van der Waals surface area contributed by atoms with Crippen molar-refractivity contribution in [3.05, 3.63) is 0 Å². The van der Waals surface area contributed by atoms with Gasteiger partial charge in [0.25, 0.3) is 0 Å². The highest BCUT2D eigenvalue weighted by atomic mass is 32.2. The zero-order valence-corrected chi connectivity index (χ0v) is 11.6. The Labute approximate surface area is 108 Å². The summed E-state index contributed by atoms with van der Waals surface area (Å²) in [6.07, 6.45) is 1.12. The van der Waals surface area contributed by atoms with Gasteiger partial charge in [0.1, 0.15) is 0 Å². The quantitative estimate of drug-likeness (QED) is 0.773. The molecule has 1 unspecified atom stereocenters. The molecule has 18 heavy (non-hydrogen) atoms. The van der Waals surface area contributed by atoms with Gasteiger partial charge in [-0.05, 0) is 33.1 Å². The van der Waals surface area contributed by atoms with Gasteiger partial charge in [-0.1, -0.05) is 0 Å². The van der Waals surface area contributed by atoms with Crippen LogP contribution in [0.3, 0.4) is 0 Å². The second-order valence-electron chi connectivity index (χ2n) is 5.65. The lowest BCUT2D eigenvalue weighted by molar-refractivity contribution is 0.113. The maximum Gasteiger partial charge on any atom is 0.407 e. The molecule has 104 valence electrons. The Kier molecular flexibility index (Phi) is 3.31. The Morgan fingerprint density at radius 1 is 1.33 bits per heavy atom. The first-order valence-electron chi connectivity index (χ1n) is 6.25. The fraction of sp³-hybridized carbons (Fsp3) is 0.909. The number of hydrogen-bond acceptors (Lipinski definition) is 3. The molecule has 2 rings (SSSR count). The Morgan fingerprint density at radius 2 is 2.00 bits per heavy atom. The molecule has 0 radical (unpaired) electrons. The lowest BCUT2D eigenvalue weighted by Gasteiger charge is -2.36. The van der Waals surface area contributed by atoms with Crippen molar-refractivity contribution in [3.8, 4) is 0 Å². The van der Waals surface area contributed by atoms with E-state index in [9.17, 15) is 13.2 Å². The van der Waals surface area contributed by atoms with Gasteiger partial charge in [0, 0.05) is 25.7 Å². The molecule has 2 saturated heterocycles. The van der Waals surface area contributed by atoms with Crippen LogP contribution in [0.25, 0.3) is 0 Å². The van der Waals surface area contributed by atoms with Gasteiger partial charge in [-0.15, -0.1) is 0 Å². The monoisotopic (exact) mass is 276 g/mol. The number of carbonyl (C=O) groups is 1. The third-order valence-corrected chi connectivity index (χ3v) is 6.71. The number of carboxylic acid groups (broad SMARTS) is 1. The van der Waals surface area contributed by atoms with Crippen LogP contribution in [0.5, 0.6) is 0 Å². The Bertz CT molecular complexity index is 446. The van der Waals surface area contributed by atoms with E-state index in [1.165, 1.54) is 9.21 Å². The zero-order valence-electron chi connectivity index (χ0n) is 10.8. The van der Waals surface area contributed by atoms with Gasteiger partial charge in [0.05, 0.1) is 4.75 Å². The molecule has 0 aromatic heterocycles. The van der Waals surface area contributed by atoms with Crippen LogP contribution in [0, 0.1) is 0 Å². The van der Waals surface area contributed by atoms with Crippen molar-refractivity contribution >= 4 is 16.1 Å². The predicted molar refractivity (Wildman–Crippen MR) is 66.9 cm³/mol. The second kappa shape index (κ2) is 4.38. The van der Waals surface area contributed by atoms with Crippen LogP contribution in [-0.2, 0) is 10.0 Å². The first-order chi connectivity index (χ1) is 8.25. The molecule has 1 amide bonds. The van der Waals surface area contributed by atoms with Crippen LogP contribution in [0.1, 0.15) is 33.1 Å². The number of hydrogen-bond donors (Lipinski definition) is 1. The molecule has 2 heterocycles. The van der Waals surface area contributed by atoms with E-state index in [1.807, 2.05) is 0 Å². The van der Waals surface area contributed by atoms with E-state index in [4.69, 9.17) is 5.11 Å². The van der Waals surface area contributed by atoms with Crippen LogP contribution >= 0.6 is 0 Å². The van der Waals surface area contributed by atoms with Crippen molar-refractivity contribution in [1.82, 2.24) is 9.21 Å². The molecule has 0 spiro atoms. The van der Waals surface area contributed by atoms with Gasteiger partial charge in [0.15, 0.2) is 0 Å². The molecule has 2 fully saturated rings. The number of amides is 1. The highest BCUT2D eigenvalue weighted by Crippen LogP contribution is 2.35. The largest absolute Gasteiger partial charge is 0.465 e. The number of sulfonamides is 1. The van der Waals surface area contributed by atoms with Gasteiger partial charge in [-0.2, -0.15) is 4.31 Å². The first-order valence-corrected chi connectivity index (χ1v) is 7.69. The van der Waals surface area contributed by atoms with E-state index >= 15 is 0 Å². The van der Waals surface area contributed by atoms with E-state index in [1.54, 1.807) is 13.8 Å². The fourth-order valence-electron chi connectivity index (χ4n) is 2.69. The predicted octanol–water partition coefficient (Wildman–Crippen LogP) is 0.943. The third-order valence-electron chi connectivity index (χ3n) is 4.02. The normalized spacial score (nSPS) is 31.4. The van der Waals surface area contributed by atoms with Crippen molar-refractivity contribution < 1.29 is 18.3 Å². The van der Waals surface area contributed by atoms with Crippen LogP contribution in [0.2, 0.25) is 0 Å². The number of likely N-dealkylation sites (tertiary alicyclic amines) is 1. The van der Waals surface area contributed by atoms with Crippen LogP contribution < -0.4 is 0 Å². The Balaban J connectivity index is 2.16. The molecule has 1 N–H and O–H groups in total. The molecule has 0 aliphatic carbocycles. The lowest BCUT2D eigenvalue weighted by atomic mass is 10.1. The van der Waals surface area contributed by atoms with Gasteiger partial charge >= 0.3 is 6.09 Å². The molecule has 2 aliphatic heterocycles. The minimum Gasteiger partial charge on any atom is -0.465 e. The fourth-order valence-corrected chi connectivity index (χ4v) is 4.57. The zero-order chi connectivity index (χ0) is 13.6. The highest BCUT2D eigenvalue weighted by Gasteiger charge is 2.48. The van der Waals surface area contributed by atoms with Crippen molar-refractivity contribution in [2.24, 2.45) is 0 Å². The summed E-state index contributed by atoms with van der Waals surface area (Å²) in [5, 5.41) is 8.99. The standard InChI is InChI=1S/C11H20N2O4S/c1-11(2)5-7-13(18(11,16)17)9-4-3-6-12(8-9)10(14)15/h9H,3-8H2,1-2H3,(H,14,15). The summed E-state index contributed by atoms with van der Waals surface area (Å²) >= 11 is 0. The van der Waals surface area contributed by atoms with Crippen molar-refractivity contribution in [3.63, 3.8) is 0 Å². The van der Waals surface area contributed by atoms with Gasteiger partial charge in [-0.25, -0.2) is 13.2 Å². The number of nitrogens with zero attached hydrogens (tertiary/aromatic N) is 2. The first kappa shape index (κ1) is 13.6. The molecule has 6 nitrogen and oxygen atoms in total. The van der Waals surface area contributed by atoms with Gasteiger partial charge in [-0.3, -0.25) is 0 Å². The Hall–Kier alpha value is -0.820. The van der Waals surface area contributed by atoms with E-state index in [-0.39, 0.29) is 6.04 Å². The van der Waals surface area contributed by atoms with Crippen molar-refractivity contribution in [1.29, 1.82) is 0 Å². The summed E-state index contributed by atoms with van der Waals surface area (Å²) in [7, 11) is -3.30. The maximum absolute atomic E-state index is 12.4. The summed E-state index contributed by atoms with van der Waals surface area (Å²) in [5.74, 6) is 0. The smallest absolute Gasteiger partial charge is 0.407 e. The summed E-state index contributed by atoms with van der Waals surface area (Å²) in [6, 6.07) is -0.193.